The van der Waals surface area contributed by atoms with E-state index in [1.165, 1.54) is 4.90 Å². The Hall–Kier alpha value is -2.04. The molecule has 1 atom stereocenters. The van der Waals surface area contributed by atoms with Crippen molar-refractivity contribution < 1.29 is 9.59 Å². The summed E-state index contributed by atoms with van der Waals surface area (Å²) in [5.74, 6) is -0.257. The van der Waals surface area contributed by atoms with Gasteiger partial charge in [0.1, 0.15) is 5.54 Å². The van der Waals surface area contributed by atoms with Crippen LogP contribution >= 0.6 is 23.2 Å². The molecule has 3 amide bonds. The normalized spacial score (nSPS) is 20.4. The number of carbonyl (C=O) groups excluding carboxylic acids is 2. The Morgan fingerprint density at radius 2 is 1.75 bits per heavy atom. The highest BCUT2D eigenvalue weighted by molar-refractivity contribution is 6.42. The van der Waals surface area contributed by atoms with Gasteiger partial charge in [0, 0.05) is 0 Å². The first-order valence-electron chi connectivity index (χ1n) is 7.61. The van der Waals surface area contributed by atoms with Gasteiger partial charge in [0.2, 0.25) is 0 Å². The van der Waals surface area contributed by atoms with Crippen LogP contribution in [0, 0.1) is 0 Å². The standard InChI is InChI=1S/C18H16Cl2N2O2/c1-2-18(13-6-4-3-5-7-13)16(23)22(17(24)21-18)11-12-8-9-14(19)15(20)10-12/h3-10H,2,11H2,1H3,(H,21,24)/t18-/m1/s1. The van der Waals surface area contributed by atoms with Crippen molar-refractivity contribution in [2.75, 3.05) is 0 Å². The largest absolute Gasteiger partial charge is 0.325 e. The third kappa shape index (κ3) is 2.76. The summed E-state index contributed by atoms with van der Waals surface area (Å²) < 4.78 is 0. The second-order valence-corrected chi connectivity index (χ2v) is 6.51. The van der Waals surface area contributed by atoms with E-state index in [0.717, 1.165) is 11.1 Å². The van der Waals surface area contributed by atoms with Crippen LogP contribution in [0.15, 0.2) is 48.5 Å². The molecule has 3 rings (SSSR count). The van der Waals surface area contributed by atoms with Crippen molar-refractivity contribution in [2.45, 2.75) is 25.4 Å². The summed E-state index contributed by atoms with van der Waals surface area (Å²) in [5.41, 5.74) is 0.504. The minimum Gasteiger partial charge on any atom is -0.319 e. The number of nitrogens with zero attached hydrogens (tertiary/aromatic N) is 1. The molecule has 6 heteroatoms. The van der Waals surface area contributed by atoms with Crippen molar-refractivity contribution in [1.82, 2.24) is 10.2 Å². The molecule has 0 saturated carbocycles. The molecule has 0 unspecified atom stereocenters. The molecule has 0 aliphatic carbocycles. The second-order valence-electron chi connectivity index (χ2n) is 5.69. The van der Waals surface area contributed by atoms with Crippen molar-refractivity contribution in [3.8, 4) is 0 Å². The van der Waals surface area contributed by atoms with E-state index in [1.54, 1.807) is 18.2 Å². The summed E-state index contributed by atoms with van der Waals surface area (Å²) in [6, 6.07) is 14.0. The number of hydrogen-bond acceptors (Lipinski definition) is 2. The van der Waals surface area contributed by atoms with Crippen LogP contribution in [-0.4, -0.2) is 16.8 Å². The molecule has 4 nitrogen and oxygen atoms in total. The van der Waals surface area contributed by atoms with E-state index in [0.29, 0.717) is 16.5 Å². The molecule has 2 aromatic rings. The quantitative estimate of drug-likeness (QED) is 0.821. The van der Waals surface area contributed by atoms with Gasteiger partial charge in [-0.2, -0.15) is 0 Å². The van der Waals surface area contributed by atoms with Crippen LogP contribution in [0.4, 0.5) is 4.79 Å². The molecule has 24 heavy (non-hydrogen) atoms. The van der Waals surface area contributed by atoms with E-state index in [4.69, 9.17) is 23.2 Å². The number of imide groups is 1. The lowest BCUT2D eigenvalue weighted by atomic mass is 9.87. The van der Waals surface area contributed by atoms with Crippen molar-refractivity contribution >= 4 is 35.1 Å². The molecule has 1 saturated heterocycles. The third-order valence-electron chi connectivity index (χ3n) is 4.30. The fraction of sp³-hybridized carbons (Fsp3) is 0.222. The highest BCUT2D eigenvalue weighted by atomic mass is 35.5. The Kier molecular flexibility index (Phi) is 4.52. The summed E-state index contributed by atoms with van der Waals surface area (Å²) in [6.45, 7) is 2.03. The number of urea groups is 1. The van der Waals surface area contributed by atoms with E-state index in [-0.39, 0.29) is 12.5 Å². The smallest absolute Gasteiger partial charge is 0.319 e. The molecular weight excluding hydrogens is 347 g/mol. The number of amides is 3. The second kappa shape index (κ2) is 6.46. The van der Waals surface area contributed by atoms with Gasteiger partial charge in [-0.25, -0.2) is 4.79 Å². The topological polar surface area (TPSA) is 49.4 Å². The van der Waals surface area contributed by atoms with Gasteiger partial charge < -0.3 is 5.32 Å². The first-order valence-corrected chi connectivity index (χ1v) is 8.37. The lowest BCUT2D eigenvalue weighted by molar-refractivity contribution is -0.132. The predicted octanol–water partition coefficient (Wildman–Crippen LogP) is 4.35. The first-order chi connectivity index (χ1) is 11.5. The first kappa shape index (κ1) is 16.8. The van der Waals surface area contributed by atoms with E-state index in [1.807, 2.05) is 37.3 Å². The number of benzene rings is 2. The molecule has 0 spiro atoms. The predicted molar refractivity (Wildman–Crippen MR) is 94.0 cm³/mol. The van der Waals surface area contributed by atoms with Crippen molar-refractivity contribution in [2.24, 2.45) is 0 Å². The average Bonchev–Trinajstić information content (AvgIpc) is 2.84. The molecule has 1 heterocycles. The molecule has 2 aromatic carbocycles. The van der Waals surface area contributed by atoms with Gasteiger partial charge in [0.15, 0.2) is 0 Å². The third-order valence-corrected chi connectivity index (χ3v) is 5.04. The Morgan fingerprint density at radius 3 is 2.38 bits per heavy atom. The maximum absolute atomic E-state index is 13.0. The lowest BCUT2D eigenvalue weighted by Crippen LogP contribution is -2.43. The monoisotopic (exact) mass is 362 g/mol. The Balaban J connectivity index is 1.92. The SMILES string of the molecule is CC[C@]1(c2ccccc2)NC(=O)N(Cc2ccc(Cl)c(Cl)c2)C1=O. The van der Waals surface area contributed by atoms with Crippen LogP contribution in [0.1, 0.15) is 24.5 Å². The Labute approximate surface area is 150 Å². The van der Waals surface area contributed by atoms with Crippen molar-refractivity contribution in [1.29, 1.82) is 0 Å². The highest BCUT2D eigenvalue weighted by Crippen LogP contribution is 2.33. The number of hydrogen-bond donors (Lipinski definition) is 1. The zero-order chi connectivity index (χ0) is 17.3. The minimum absolute atomic E-state index is 0.149. The average molecular weight is 363 g/mol. The van der Waals surface area contributed by atoms with Gasteiger partial charge in [0.25, 0.3) is 5.91 Å². The van der Waals surface area contributed by atoms with Gasteiger partial charge in [-0.3, -0.25) is 9.69 Å². The van der Waals surface area contributed by atoms with Crippen LogP contribution < -0.4 is 5.32 Å². The molecule has 1 N–H and O–H groups in total. The van der Waals surface area contributed by atoms with E-state index >= 15 is 0 Å². The summed E-state index contributed by atoms with van der Waals surface area (Å²) in [4.78, 5) is 26.7. The number of nitrogens with one attached hydrogen (secondary N) is 1. The molecular formula is C18H16Cl2N2O2. The van der Waals surface area contributed by atoms with Crippen LogP contribution in [0.2, 0.25) is 10.0 Å². The maximum atomic E-state index is 13.0. The zero-order valence-corrected chi connectivity index (χ0v) is 14.6. The van der Waals surface area contributed by atoms with Crippen LogP contribution in [0.5, 0.6) is 0 Å². The van der Waals surface area contributed by atoms with Crippen molar-refractivity contribution in [3.05, 3.63) is 69.7 Å². The van der Waals surface area contributed by atoms with E-state index < -0.39 is 11.6 Å². The highest BCUT2D eigenvalue weighted by Gasteiger charge is 2.50. The summed E-state index contributed by atoms with van der Waals surface area (Å²) in [6.07, 6.45) is 0.472. The lowest BCUT2D eigenvalue weighted by Gasteiger charge is -2.25. The fourth-order valence-electron chi connectivity index (χ4n) is 2.95. The van der Waals surface area contributed by atoms with Gasteiger partial charge in [-0.1, -0.05) is 66.5 Å². The zero-order valence-electron chi connectivity index (χ0n) is 13.1. The van der Waals surface area contributed by atoms with Crippen LogP contribution in [0.25, 0.3) is 0 Å². The van der Waals surface area contributed by atoms with Gasteiger partial charge in [-0.05, 0) is 29.7 Å². The summed E-state index contributed by atoms with van der Waals surface area (Å²) in [5, 5.41) is 3.69. The van der Waals surface area contributed by atoms with Gasteiger partial charge >= 0.3 is 6.03 Å². The molecule has 1 aliphatic heterocycles. The Bertz CT molecular complexity index is 795. The van der Waals surface area contributed by atoms with Crippen LogP contribution in [0.3, 0.4) is 0 Å². The Morgan fingerprint density at radius 1 is 1.04 bits per heavy atom. The van der Waals surface area contributed by atoms with Crippen molar-refractivity contribution in [3.63, 3.8) is 0 Å². The van der Waals surface area contributed by atoms with Gasteiger partial charge in [-0.15, -0.1) is 0 Å². The summed E-state index contributed by atoms with van der Waals surface area (Å²) in [7, 11) is 0. The number of carbonyl (C=O) groups is 2. The number of rotatable bonds is 4. The minimum atomic E-state index is -1.02. The number of halogens is 2. The van der Waals surface area contributed by atoms with Crippen LogP contribution in [-0.2, 0) is 16.9 Å². The molecule has 1 fully saturated rings. The maximum Gasteiger partial charge on any atom is 0.325 e. The van der Waals surface area contributed by atoms with E-state index in [2.05, 4.69) is 5.32 Å². The fourth-order valence-corrected chi connectivity index (χ4v) is 3.27. The molecule has 1 aliphatic rings. The summed E-state index contributed by atoms with van der Waals surface area (Å²) >= 11 is 11.9. The van der Waals surface area contributed by atoms with Gasteiger partial charge in [0.05, 0.1) is 16.6 Å². The van der Waals surface area contributed by atoms with E-state index in [9.17, 15) is 9.59 Å². The molecule has 124 valence electrons. The molecule has 0 radical (unpaired) electrons. The molecule has 0 bridgehead atoms. The molecule has 0 aromatic heterocycles.